The van der Waals surface area contributed by atoms with Gasteiger partial charge in [-0.2, -0.15) is 0 Å². The lowest BCUT2D eigenvalue weighted by molar-refractivity contribution is 0.0961. The van der Waals surface area contributed by atoms with Gasteiger partial charge in [-0.1, -0.05) is 24.6 Å². The molecule has 80 valence electrons. The van der Waals surface area contributed by atoms with Gasteiger partial charge in [-0.25, -0.2) is 0 Å². The molecule has 0 fully saturated rings. The highest BCUT2D eigenvalue weighted by molar-refractivity contribution is 6.08. The van der Waals surface area contributed by atoms with Crippen molar-refractivity contribution < 1.29 is 9.59 Å². The minimum atomic E-state index is -0.0468. The average Bonchev–Trinajstić information content (AvgIpc) is 2.17. The second-order valence-corrected chi connectivity index (χ2v) is 3.78. The summed E-state index contributed by atoms with van der Waals surface area (Å²) >= 11 is 0. The maximum atomic E-state index is 11.8. The maximum absolute atomic E-state index is 11.8. The van der Waals surface area contributed by atoms with Gasteiger partial charge in [-0.3, -0.25) is 9.59 Å². The molecule has 2 heteroatoms. The first kappa shape index (κ1) is 11.6. The summed E-state index contributed by atoms with van der Waals surface area (Å²) < 4.78 is 0. The van der Waals surface area contributed by atoms with Gasteiger partial charge < -0.3 is 0 Å². The maximum Gasteiger partial charge on any atom is 0.163 e. The topological polar surface area (TPSA) is 34.1 Å². The van der Waals surface area contributed by atoms with Crippen molar-refractivity contribution in [2.75, 3.05) is 0 Å². The number of Topliss-reactive ketones (excluding diaryl/α,β-unsaturated/α-hetero) is 2. The summed E-state index contributed by atoms with van der Waals surface area (Å²) in [4.78, 5) is 23.1. The van der Waals surface area contributed by atoms with Gasteiger partial charge in [0.15, 0.2) is 11.6 Å². The Morgan fingerprint density at radius 3 is 2.40 bits per heavy atom. The molecular weight excluding hydrogens is 188 g/mol. The molecule has 0 atom stereocenters. The predicted octanol–water partition coefficient (Wildman–Crippen LogP) is 3.18. The van der Waals surface area contributed by atoms with Crippen LogP contribution in [0.5, 0.6) is 0 Å². The van der Waals surface area contributed by atoms with Crippen molar-refractivity contribution in [1.82, 2.24) is 0 Å². The fraction of sp³-hybridized carbons (Fsp3) is 0.385. The Hall–Kier alpha value is -1.44. The number of hydrogen-bond acceptors (Lipinski definition) is 2. The van der Waals surface area contributed by atoms with Crippen LogP contribution < -0.4 is 0 Å². The Kier molecular flexibility index (Phi) is 3.78. The Morgan fingerprint density at radius 1 is 1.20 bits per heavy atom. The van der Waals surface area contributed by atoms with E-state index >= 15 is 0 Å². The van der Waals surface area contributed by atoms with Crippen molar-refractivity contribution in [2.45, 2.75) is 33.6 Å². The van der Waals surface area contributed by atoms with E-state index in [4.69, 9.17) is 0 Å². The highest BCUT2D eigenvalue weighted by atomic mass is 16.1. The van der Waals surface area contributed by atoms with Gasteiger partial charge in [0.1, 0.15) is 0 Å². The number of carbonyl (C=O) groups excluding carboxylic acids is 2. The summed E-state index contributed by atoms with van der Waals surface area (Å²) in [5.74, 6) is 0.0147. The average molecular weight is 204 g/mol. The van der Waals surface area contributed by atoms with Crippen molar-refractivity contribution in [2.24, 2.45) is 0 Å². The highest BCUT2D eigenvalue weighted by Crippen LogP contribution is 2.15. The molecule has 0 N–H and O–H groups in total. The minimum absolute atomic E-state index is 0.0468. The molecule has 1 rings (SSSR count). The molecule has 0 aliphatic carbocycles. The third-order valence-corrected chi connectivity index (χ3v) is 2.33. The predicted molar refractivity (Wildman–Crippen MR) is 60.4 cm³/mol. The smallest absolute Gasteiger partial charge is 0.163 e. The molecule has 0 unspecified atom stereocenters. The first-order chi connectivity index (χ1) is 7.06. The van der Waals surface area contributed by atoms with Crippen LogP contribution >= 0.6 is 0 Å². The molecule has 0 bridgehead atoms. The van der Waals surface area contributed by atoms with E-state index in [-0.39, 0.29) is 11.6 Å². The van der Waals surface area contributed by atoms with Crippen molar-refractivity contribution in [3.05, 3.63) is 34.9 Å². The summed E-state index contributed by atoms with van der Waals surface area (Å²) in [7, 11) is 0. The van der Waals surface area contributed by atoms with E-state index in [0.29, 0.717) is 17.5 Å². The molecule has 1 aromatic rings. The molecular formula is C13H16O2. The van der Waals surface area contributed by atoms with E-state index in [1.165, 1.54) is 6.92 Å². The van der Waals surface area contributed by atoms with Crippen LogP contribution in [0.2, 0.25) is 0 Å². The van der Waals surface area contributed by atoms with E-state index in [1.807, 2.05) is 19.9 Å². The van der Waals surface area contributed by atoms with Crippen LogP contribution in [0.25, 0.3) is 0 Å². The van der Waals surface area contributed by atoms with E-state index < -0.39 is 0 Å². The molecule has 0 aliphatic rings. The molecule has 0 saturated heterocycles. The van der Waals surface area contributed by atoms with Gasteiger partial charge >= 0.3 is 0 Å². The quantitative estimate of drug-likeness (QED) is 0.706. The van der Waals surface area contributed by atoms with Crippen LogP contribution in [0.15, 0.2) is 18.2 Å². The molecule has 0 aromatic heterocycles. The largest absolute Gasteiger partial charge is 0.294 e. The van der Waals surface area contributed by atoms with Crippen molar-refractivity contribution in [3.63, 3.8) is 0 Å². The SMILES string of the molecule is CCCC(=O)c1cc(C)ccc1C(C)=O. The van der Waals surface area contributed by atoms with Crippen LogP contribution in [0.3, 0.4) is 0 Å². The summed E-state index contributed by atoms with van der Waals surface area (Å²) in [5, 5.41) is 0. The Balaban J connectivity index is 3.18. The van der Waals surface area contributed by atoms with Crippen LogP contribution in [0.4, 0.5) is 0 Å². The molecule has 0 radical (unpaired) electrons. The fourth-order valence-corrected chi connectivity index (χ4v) is 1.56. The molecule has 15 heavy (non-hydrogen) atoms. The standard InChI is InChI=1S/C13H16O2/c1-4-5-13(15)12-8-9(2)6-7-11(12)10(3)14/h6-8H,4-5H2,1-3H3. The monoisotopic (exact) mass is 204 g/mol. The normalized spacial score (nSPS) is 10.1. The zero-order chi connectivity index (χ0) is 11.4. The van der Waals surface area contributed by atoms with E-state index in [2.05, 4.69) is 0 Å². The van der Waals surface area contributed by atoms with Gasteiger partial charge in [0.05, 0.1) is 0 Å². The number of benzene rings is 1. The molecule has 0 spiro atoms. The summed E-state index contributed by atoms with van der Waals surface area (Å²) in [6, 6.07) is 5.40. The number of ketones is 2. The van der Waals surface area contributed by atoms with E-state index in [0.717, 1.165) is 12.0 Å². The summed E-state index contributed by atoms with van der Waals surface area (Å²) in [5.41, 5.74) is 2.13. The third-order valence-electron chi connectivity index (χ3n) is 2.33. The lowest BCUT2D eigenvalue weighted by Crippen LogP contribution is -2.07. The van der Waals surface area contributed by atoms with Gasteiger partial charge in [0, 0.05) is 17.5 Å². The highest BCUT2D eigenvalue weighted by Gasteiger charge is 2.13. The lowest BCUT2D eigenvalue weighted by atomic mass is 9.96. The van der Waals surface area contributed by atoms with Crippen molar-refractivity contribution >= 4 is 11.6 Å². The van der Waals surface area contributed by atoms with Crippen LogP contribution in [0.1, 0.15) is 53.0 Å². The number of rotatable bonds is 4. The first-order valence-electron chi connectivity index (χ1n) is 5.21. The van der Waals surface area contributed by atoms with Crippen LogP contribution in [0, 0.1) is 6.92 Å². The lowest BCUT2D eigenvalue weighted by Gasteiger charge is -2.06. The minimum Gasteiger partial charge on any atom is -0.294 e. The molecule has 0 saturated carbocycles. The van der Waals surface area contributed by atoms with Gasteiger partial charge in [-0.15, -0.1) is 0 Å². The summed E-state index contributed by atoms with van der Waals surface area (Å²) in [6.07, 6.45) is 1.31. The van der Waals surface area contributed by atoms with Gasteiger partial charge in [0.25, 0.3) is 0 Å². The molecule has 1 aromatic carbocycles. The Labute approximate surface area is 90.3 Å². The van der Waals surface area contributed by atoms with E-state index in [1.54, 1.807) is 12.1 Å². The third kappa shape index (κ3) is 2.75. The molecule has 0 aliphatic heterocycles. The van der Waals surface area contributed by atoms with Crippen LogP contribution in [-0.2, 0) is 0 Å². The van der Waals surface area contributed by atoms with Crippen molar-refractivity contribution in [1.29, 1.82) is 0 Å². The first-order valence-corrected chi connectivity index (χ1v) is 5.21. The second-order valence-electron chi connectivity index (χ2n) is 3.78. The second kappa shape index (κ2) is 4.87. The Bertz CT molecular complexity index is 392. The molecule has 0 amide bonds. The number of carbonyl (C=O) groups is 2. The van der Waals surface area contributed by atoms with Gasteiger partial charge in [-0.05, 0) is 26.3 Å². The van der Waals surface area contributed by atoms with Crippen LogP contribution in [-0.4, -0.2) is 11.6 Å². The van der Waals surface area contributed by atoms with Crippen molar-refractivity contribution in [3.8, 4) is 0 Å². The zero-order valence-corrected chi connectivity index (χ0v) is 9.46. The summed E-state index contributed by atoms with van der Waals surface area (Å²) in [6.45, 7) is 5.38. The van der Waals surface area contributed by atoms with Gasteiger partial charge in [0.2, 0.25) is 0 Å². The fourth-order valence-electron chi connectivity index (χ4n) is 1.56. The van der Waals surface area contributed by atoms with E-state index in [9.17, 15) is 9.59 Å². The number of aryl methyl sites for hydroxylation is 1. The number of hydrogen-bond donors (Lipinski definition) is 0. The Morgan fingerprint density at radius 2 is 1.87 bits per heavy atom. The molecule has 2 nitrogen and oxygen atoms in total. The zero-order valence-electron chi connectivity index (χ0n) is 9.46. The molecule has 0 heterocycles.